The van der Waals surface area contributed by atoms with Gasteiger partial charge in [-0.05, 0) is 57.9 Å². The van der Waals surface area contributed by atoms with E-state index in [9.17, 15) is 5.11 Å². The van der Waals surface area contributed by atoms with E-state index in [1.807, 2.05) is 0 Å². The van der Waals surface area contributed by atoms with Crippen LogP contribution in [0, 0.1) is 5.92 Å². The lowest BCUT2D eigenvalue weighted by Gasteiger charge is -2.38. The van der Waals surface area contributed by atoms with Gasteiger partial charge in [-0.25, -0.2) is 0 Å². The highest BCUT2D eigenvalue weighted by Gasteiger charge is 2.33. The Balaban J connectivity index is 1.87. The zero-order valence-corrected chi connectivity index (χ0v) is 10.2. The van der Waals surface area contributed by atoms with Crippen molar-refractivity contribution in [3.05, 3.63) is 0 Å². The van der Waals surface area contributed by atoms with E-state index < -0.39 is 0 Å². The second-order valence-electron chi connectivity index (χ2n) is 5.64. The van der Waals surface area contributed by atoms with Gasteiger partial charge in [0.25, 0.3) is 0 Å². The third kappa shape index (κ3) is 2.54. The molecule has 0 unspecified atom stereocenters. The number of nitrogens with zero attached hydrogens (tertiary/aromatic N) is 1. The number of aliphatic hydroxyl groups is 1. The molecule has 0 spiro atoms. The Labute approximate surface area is 93.7 Å². The fraction of sp³-hybridized carbons (Fsp3) is 1.00. The summed E-state index contributed by atoms with van der Waals surface area (Å²) in [5.74, 6) is 0.920. The second-order valence-corrected chi connectivity index (χ2v) is 5.64. The average molecular weight is 211 g/mol. The van der Waals surface area contributed by atoms with Gasteiger partial charge in [0, 0.05) is 12.1 Å². The topological polar surface area (TPSA) is 23.5 Å². The molecule has 0 bridgehead atoms. The maximum atomic E-state index is 9.90. The van der Waals surface area contributed by atoms with Crippen molar-refractivity contribution in [2.45, 2.75) is 70.1 Å². The first-order chi connectivity index (χ1) is 7.18. The fourth-order valence-electron chi connectivity index (χ4n) is 3.32. The molecule has 2 aliphatic carbocycles. The quantitative estimate of drug-likeness (QED) is 0.758. The van der Waals surface area contributed by atoms with Crippen LogP contribution in [0.4, 0.5) is 0 Å². The van der Waals surface area contributed by atoms with Crippen molar-refractivity contribution in [1.29, 1.82) is 0 Å². The number of likely N-dealkylation sites (N-methyl/N-ethyl adjacent to an activating group) is 1. The highest BCUT2D eigenvalue weighted by molar-refractivity contribution is 4.88. The molecule has 2 heteroatoms. The summed E-state index contributed by atoms with van der Waals surface area (Å²) in [6, 6.07) is 1.18. The van der Waals surface area contributed by atoms with Crippen LogP contribution in [0.2, 0.25) is 0 Å². The number of hydrogen-bond acceptors (Lipinski definition) is 2. The van der Waals surface area contributed by atoms with Crippen molar-refractivity contribution in [3.63, 3.8) is 0 Å². The predicted molar refractivity (Wildman–Crippen MR) is 62.8 cm³/mol. The number of aliphatic hydroxyl groups excluding tert-OH is 1. The molecule has 88 valence electrons. The van der Waals surface area contributed by atoms with Crippen LogP contribution in [0.3, 0.4) is 0 Å². The van der Waals surface area contributed by atoms with Crippen LogP contribution < -0.4 is 0 Å². The van der Waals surface area contributed by atoms with Gasteiger partial charge in [0.05, 0.1) is 6.10 Å². The molecule has 0 aromatic heterocycles. The Kier molecular flexibility index (Phi) is 3.68. The minimum Gasteiger partial charge on any atom is -0.391 e. The number of rotatable bonds is 2. The van der Waals surface area contributed by atoms with Gasteiger partial charge in [0.1, 0.15) is 0 Å². The molecule has 2 nitrogen and oxygen atoms in total. The van der Waals surface area contributed by atoms with Crippen LogP contribution in [0.5, 0.6) is 0 Å². The van der Waals surface area contributed by atoms with Crippen molar-refractivity contribution in [2.75, 3.05) is 7.05 Å². The first kappa shape index (κ1) is 11.4. The molecule has 0 amide bonds. The Hall–Kier alpha value is -0.0800. The molecule has 0 aliphatic heterocycles. The molecule has 0 saturated heterocycles. The van der Waals surface area contributed by atoms with Crippen molar-refractivity contribution in [2.24, 2.45) is 5.92 Å². The van der Waals surface area contributed by atoms with Gasteiger partial charge in [-0.3, -0.25) is 4.90 Å². The van der Waals surface area contributed by atoms with Crippen LogP contribution in [0.15, 0.2) is 0 Å². The van der Waals surface area contributed by atoms with E-state index in [2.05, 4.69) is 18.9 Å². The zero-order valence-electron chi connectivity index (χ0n) is 10.2. The molecule has 2 saturated carbocycles. The fourth-order valence-corrected chi connectivity index (χ4v) is 3.32. The molecule has 2 fully saturated rings. The third-order valence-corrected chi connectivity index (χ3v) is 4.53. The summed E-state index contributed by atoms with van der Waals surface area (Å²) < 4.78 is 0. The Morgan fingerprint density at radius 1 is 1.00 bits per heavy atom. The third-order valence-electron chi connectivity index (χ3n) is 4.53. The van der Waals surface area contributed by atoms with Crippen molar-refractivity contribution >= 4 is 0 Å². The Morgan fingerprint density at radius 2 is 1.67 bits per heavy atom. The summed E-state index contributed by atoms with van der Waals surface area (Å²) in [6.45, 7) is 2.36. The van der Waals surface area contributed by atoms with Crippen molar-refractivity contribution in [1.82, 2.24) is 4.90 Å². The van der Waals surface area contributed by atoms with Gasteiger partial charge in [-0.2, -0.15) is 0 Å². The van der Waals surface area contributed by atoms with Crippen molar-refractivity contribution in [3.8, 4) is 0 Å². The lowest BCUT2D eigenvalue weighted by molar-refractivity contribution is 0.0454. The summed E-state index contributed by atoms with van der Waals surface area (Å²) in [7, 11) is 2.22. The number of hydrogen-bond donors (Lipinski definition) is 1. The molecule has 0 heterocycles. The molecule has 2 rings (SSSR count). The summed E-state index contributed by atoms with van der Waals surface area (Å²) in [4.78, 5) is 2.48. The largest absolute Gasteiger partial charge is 0.391 e. The summed E-state index contributed by atoms with van der Waals surface area (Å²) in [5.41, 5.74) is 0. The van der Waals surface area contributed by atoms with Crippen LogP contribution >= 0.6 is 0 Å². The van der Waals surface area contributed by atoms with Gasteiger partial charge < -0.3 is 5.11 Å². The second kappa shape index (κ2) is 4.84. The molecule has 2 aliphatic rings. The monoisotopic (exact) mass is 211 g/mol. The van der Waals surface area contributed by atoms with E-state index in [0.717, 1.165) is 18.4 Å². The maximum Gasteiger partial charge on any atom is 0.0695 e. The first-order valence-electron chi connectivity index (χ1n) is 6.58. The van der Waals surface area contributed by atoms with Crippen LogP contribution in [-0.2, 0) is 0 Å². The van der Waals surface area contributed by atoms with Gasteiger partial charge in [-0.1, -0.05) is 6.92 Å². The molecular weight excluding hydrogens is 186 g/mol. The van der Waals surface area contributed by atoms with Gasteiger partial charge in [-0.15, -0.1) is 0 Å². The molecular formula is C13H25NO. The smallest absolute Gasteiger partial charge is 0.0695 e. The van der Waals surface area contributed by atoms with Gasteiger partial charge >= 0.3 is 0 Å². The SMILES string of the molecule is CC1CCC(N(C)[C@H]2CCC[C@@H]2O)CC1. The van der Waals surface area contributed by atoms with Gasteiger partial charge in [0.2, 0.25) is 0 Å². The van der Waals surface area contributed by atoms with E-state index in [4.69, 9.17) is 0 Å². The molecule has 0 radical (unpaired) electrons. The van der Waals surface area contributed by atoms with Crippen molar-refractivity contribution < 1.29 is 5.11 Å². The minimum absolute atomic E-state index is 0.0608. The van der Waals surface area contributed by atoms with E-state index >= 15 is 0 Å². The molecule has 0 aromatic carbocycles. The highest BCUT2D eigenvalue weighted by atomic mass is 16.3. The first-order valence-corrected chi connectivity index (χ1v) is 6.58. The summed E-state index contributed by atoms with van der Waals surface area (Å²) >= 11 is 0. The average Bonchev–Trinajstić information content (AvgIpc) is 2.65. The summed E-state index contributed by atoms with van der Waals surface area (Å²) in [5, 5.41) is 9.90. The van der Waals surface area contributed by atoms with E-state index in [0.29, 0.717) is 6.04 Å². The zero-order chi connectivity index (χ0) is 10.8. The predicted octanol–water partition coefficient (Wildman–Crippen LogP) is 2.41. The maximum absolute atomic E-state index is 9.90. The van der Waals surface area contributed by atoms with Crippen LogP contribution in [0.1, 0.15) is 51.9 Å². The normalized spacial score (nSPS) is 42.4. The van der Waals surface area contributed by atoms with E-state index in [1.54, 1.807) is 0 Å². The standard InChI is InChI=1S/C13H25NO/c1-10-6-8-11(9-7-10)14(2)12-4-3-5-13(12)15/h10-13,15H,3-9H2,1-2H3/t10?,11?,12-,13-/m0/s1. The van der Waals surface area contributed by atoms with Gasteiger partial charge in [0.15, 0.2) is 0 Å². The molecule has 2 atom stereocenters. The highest BCUT2D eigenvalue weighted by Crippen LogP contribution is 2.31. The Bertz CT molecular complexity index is 199. The lowest BCUT2D eigenvalue weighted by Crippen LogP contribution is -2.45. The lowest BCUT2D eigenvalue weighted by atomic mass is 9.86. The minimum atomic E-state index is -0.0608. The van der Waals surface area contributed by atoms with E-state index in [-0.39, 0.29) is 6.10 Å². The molecule has 0 aromatic rings. The molecule has 15 heavy (non-hydrogen) atoms. The van der Waals surface area contributed by atoms with Crippen LogP contribution in [-0.4, -0.2) is 35.2 Å². The summed E-state index contributed by atoms with van der Waals surface area (Å²) in [6.07, 6.45) is 8.77. The van der Waals surface area contributed by atoms with Crippen LogP contribution in [0.25, 0.3) is 0 Å². The molecule has 1 N–H and O–H groups in total. The Morgan fingerprint density at radius 3 is 2.20 bits per heavy atom. The van der Waals surface area contributed by atoms with E-state index in [1.165, 1.54) is 38.5 Å².